The molecule has 0 radical (unpaired) electrons. The Morgan fingerprint density at radius 1 is 0.969 bits per heavy atom. The molecular formula is C19H27N5O7S. The fourth-order valence-electron chi connectivity index (χ4n) is 2.50. The van der Waals surface area contributed by atoms with Crippen molar-refractivity contribution < 1.29 is 34.2 Å². The van der Waals surface area contributed by atoms with Crippen molar-refractivity contribution in [2.75, 3.05) is 5.75 Å². The summed E-state index contributed by atoms with van der Waals surface area (Å²) in [5, 5.41) is 25.4. The van der Waals surface area contributed by atoms with Crippen LogP contribution in [0.1, 0.15) is 18.9 Å². The van der Waals surface area contributed by atoms with Crippen molar-refractivity contribution in [2.45, 2.75) is 43.9 Å². The second kappa shape index (κ2) is 12.5. The number of nitrogens with one attached hydrogen (secondary N) is 3. The molecule has 4 atom stereocenters. The van der Waals surface area contributed by atoms with Crippen LogP contribution in [0.15, 0.2) is 24.3 Å². The highest BCUT2D eigenvalue weighted by Crippen LogP contribution is 2.12. The molecule has 0 saturated heterocycles. The first-order valence-electron chi connectivity index (χ1n) is 9.51. The van der Waals surface area contributed by atoms with Crippen LogP contribution in [-0.4, -0.2) is 69.7 Å². The van der Waals surface area contributed by atoms with Crippen molar-refractivity contribution in [3.05, 3.63) is 29.8 Å². The molecule has 0 aromatic heterocycles. The first-order valence-corrected chi connectivity index (χ1v) is 10.1. The number of carbonyl (C=O) groups excluding carboxylic acids is 4. The lowest BCUT2D eigenvalue weighted by Crippen LogP contribution is -2.58. The third-order valence-electron chi connectivity index (χ3n) is 4.31. The van der Waals surface area contributed by atoms with Gasteiger partial charge in [-0.05, 0) is 24.6 Å². The number of aliphatic carboxylic acids is 1. The predicted octanol–water partition coefficient (Wildman–Crippen LogP) is -2.37. The molecule has 13 heteroatoms. The van der Waals surface area contributed by atoms with E-state index in [-0.39, 0.29) is 17.9 Å². The van der Waals surface area contributed by atoms with Gasteiger partial charge in [0.2, 0.25) is 23.6 Å². The summed E-state index contributed by atoms with van der Waals surface area (Å²) in [6.45, 7) is 1.24. The number of hydrogen-bond donors (Lipinski definition) is 8. The lowest BCUT2D eigenvalue weighted by molar-refractivity contribution is -0.142. The Morgan fingerprint density at radius 3 is 2.00 bits per heavy atom. The minimum atomic E-state index is -1.42. The second-order valence-corrected chi connectivity index (χ2v) is 7.39. The van der Waals surface area contributed by atoms with Gasteiger partial charge in [0.15, 0.2) is 0 Å². The van der Waals surface area contributed by atoms with Crippen LogP contribution in [0, 0.1) is 0 Å². The molecular weight excluding hydrogens is 442 g/mol. The number of carbonyl (C=O) groups is 5. The Labute approximate surface area is 189 Å². The van der Waals surface area contributed by atoms with Gasteiger partial charge >= 0.3 is 5.97 Å². The Kier molecular flexibility index (Phi) is 10.4. The highest BCUT2D eigenvalue weighted by atomic mass is 32.1. The fourth-order valence-corrected chi connectivity index (χ4v) is 2.66. The molecule has 0 aliphatic heterocycles. The molecule has 12 nitrogen and oxygen atoms in total. The highest BCUT2D eigenvalue weighted by Gasteiger charge is 2.30. The standard InChI is InChI=1S/C19H27N5O7S/c1-9(19(30)31)22-17(28)13(6-10-2-4-11(25)5-3-10)24-18(29)14(7-15(21)26)23-16(27)12(20)8-32/h2-5,9,12-14,25,32H,6-8,20H2,1H3,(H2,21,26)(H,22,28)(H,23,27)(H,24,29)(H,30,31). The highest BCUT2D eigenvalue weighted by molar-refractivity contribution is 7.80. The predicted molar refractivity (Wildman–Crippen MR) is 117 cm³/mol. The molecule has 4 unspecified atom stereocenters. The Balaban J connectivity index is 3.08. The normalized spacial score (nSPS) is 14.3. The van der Waals surface area contributed by atoms with Crippen molar-refractivity contribution in [3.63, 3.8) is 0 Å². The molecule has 9 N–H and O–H groups in total. The average molecular weight is 470 g/mol. The first kappa shape index (κ1) is 26.7. The van der Waals surface area contributed by atoms with Crippen LogP contribution < -0.4 is 27.4 Å². The van der Waals surface area contributed by atoms with Crippen LogP contribution in [0.25, 0.3) is 0 Å². The molecule has 0 spiro atoms. The summed E-state index contributed by atoms with van der Waals surface area (Å²) >= 11 is 3.90. The first-order chi connectivity index (χ1) is 14.9. The van der Waals surface area contributed by atoms with Gasteiger partial charge in [-0.15, -0.1) is 0 Å². The van der Waals surface area contributed by atoms with E-state index >= 15 is 0 Å². The summed E-state index contributed by atoms with van der Waals surface area (Å²) < 4.78 is 0. The van der Waals surface area contributed by atoms with Gasteiger partial charge in [-0.3, -0.25) is 24.0 Å². The van der Waals surface area contributed by atoms with E-state index in [1.54, 1.807) is 0 Å². The summed E-state index contributed by atoms with van der Waals surface area (Å²) in [7, 11) is 0. The molecule has 1 aromatic rings. The smallest absolute Gasteiger partial charge is 0.325 e. The third-order valence-corrected chi connectivity index (χ3v) is 4.70. The van der Waals surface area contributed by atoms with Crippen LogP contribution in [0.4, 0.5) is 0 Å². The zero-order valence-electron chi connectivity index (χ0n) is 17.3. The Hall–Kier alpha value is -3.32. The van der Waals surface area contributed by atoms with Crippen molar-refractivity contribution in [1.29, 1.82) is 0 Å². The van der Waals surface area contributed by atoms with E-state index in [9.17, 15) is 29.1 Å². The molecule has 0 aliphatic carbocycles. The maximum absolute atomic E-state index is 12.8. The Morgan fingerprint density at radius 2 is 1.50 bits per heavy atom. The van der Waals surface area contributed by atoms with Gasteiger partial charge in [0.25, 0.3) is 0 Å². The minimum absolute atomic E-state index is 0.0111. The molecule has 1 rings (SSSR count). The number of benzene rings is 1. The maximum atomic E-state index is 12.8. The summed E-state index contributed by atoms with van der Waals surface area (Å²) in [6.07, 6.45) is -0.631. The SMILES string of the molecule is CC(NC(=O)C(Cc1ccc(O)cc1)NC(=O)C(CC(N)=O)NC(=O)C(N)CS)C(=O)O. The van der Waals surface area contributed by atoms with Crippen LogP contribution in [0.3, 0.4) is 0 Å². The van der Waals surface area contributed by atoms with Crippen LogP contribution in [0.2, 0.25) is 0 Å². The summed E-state index contributed by atoms with van der Waals surface area (Å²) in [5.74, 6) is -4.65. The zero-order chi connectivity index (χ0) is 24.4. The van der Waals surface area contributed by atoms with Crippen LogP contribution >= 0.6 is 12.6 Å². The van der Waals surface area contributed by atoms with E-state index in [0.29, 0.717) is 5.56 Å². The molecule has 0 aliphatic rings. The van der Waals surface area contributed by atoms with Crippen LogP contribution in [-0.2, 0) is 30.4 Å². The van der Waals surface area contributed by atoms with E-state index < -0.39 is 60.2 Å². The number of hydrogen-bond acceptors (Lipinski definition) is 8. The molecule has 0 bridgehead atoms. The molecule has 0 saturated carbocycles. The number of phenolic OH excluding ortho intramolecular Hbond substituents is 1. The largest absolute Gasteiger partial charge is 0.508 e. The number of carboxylic acids is 1. The summed E-state index contributed by atoms with van der Waals surface area (Å²) in [6, 6.07) is 0.804. The minimum Gasteiger partial charge on any atom is -0.508 e. The molecule has 32 heavy (non-hydrogen) atoms. The van der Waals surface area contributed by atoms with E-state index in [1.165, 1.54) is 31.2 Å². The number of rotatable bonds is 12. The van der Waals surface area contributed by atoms with Crippen molar-refractivity contribution in [1.82, 2.24) is 16.0 Å². The monoisotopic (exact) mass is 469 g/mol. The Bertz CT molecular complexity index is 849. The van der Waals surface area contributed by atoms with E-state index in [1.807, 2.05) is 0 Å². The van der Waals surface area contributed by atoms with Gasteiger partial charge in [0.1, 0.15) is 23.9 Å². The number of nitrogens with two attached hydrogens (primary N) is 2. The van der Waals surface area contributed by atoms with E-state index in [4.69, 9.17) is 16.6 Å². The summed E-state index contributed by atoms with van der Waals surface area (Å²) in [4.78, 5) is 59.9. The lowest BCUT2D eigenvalue weighted by Gasteiger charge is -2.24. The number of amides is 4. The van der Waals surface area contributed by atoms with Crippen molar-refractivity contribution in [3.8, 4) is 5.75 Å². The number of phenols is 1. The summed E-state index contributed by atoms with van der Waals surface area (Å²) in [5.41, 5.74) is 11.3. The quantitative estimate of drug-likeness (QED) is 0.154. The topological polar surface area (TPSA) is 214 Å². The lowest BCUT2D eigenvalue weighted by atomic mass is 10.0. The maximum Gasteiger partial charge on any atom is 0.325 e. The van der Waals surface area contributed by atoms with E-state index in [0.717, 1.165) is 0 Å². The van der Waals surface area contributed by atoms with Gasteiger partial charge in [0.05, 0.1) is 12.5 Å². The van der Waals surface area contributed by atoms with Gasteiger partial charge in [-0.2, -0.15) is 12.6 Å². The van der Waals surface area contributed by atoms with Gasteiger partial charge in [-0.25, -0.2) is 0 Å². The van der Waals surface area contributed by atoms with Crippen molar-refractivity contribution >= 4 is 42.2 Å². The van der Waals surface area contributed by atoms with Gasteiger partial charge in [0, 0.05) is 12.2 Å². The second-order valence-electron chi connectivity index (χ2n) is 7.02. The molecule has 1 aromatic carbocycles. The van der Waals surface area contributed by atoms with Crippen molar-refractivity contribution in [2.24, 2.45) is 11.5 Å². The van der Waals surface area contributed by atoms with Gasteiger partial charge < -0.3 is 37.6 Å². The molecule has 0 heterocycles. The van der Waals surface area contributed by atoms with Gasteiger partial charge in [-0.1, -0.05) is 12.1 Å². The average Bonchev–Trinajstić information content (AvgIpc) is 2.72. The van der Waals surface area contributed by atoms with E-state index in [2.05, 4.69) is 28.6 Å². The zero-order valence-corrected chi connectivity index (χ0v) is 18.2. The molecule has 0 fully saturated rings. The number of primary amides is 1. The molecule has 176 valence electrons. The molecule has 4 amide bonds. The number of thiol groups is 1. The number of carboxylic acid groups (broad SMARTS) is 1. The fraction of sp³-hybridized carbons (Fsp3) is 0.421. The van der Waals surface area contributed by atoms with Crippen LogP contribution in [0.5, 0.6) is 5.75 Å². The number of aromatic hydroxyl groups is 1. The third kappa shape index (κ3) is 8.81.